The third-order valence-corrected chi connectivity index (χ3v) is 5.73. The number of pyridine rings is 3. The molecule has 0 aliphatic rings. The maximum absolute atomic E-state index is 12.7. The van der Waals surface area contributed by atoms with Crippen LogP contribution in [-0.4, -0.2) is 35.0 Å². The number of nitrogens with zero attached hydrogens (tertiary/aromatic N) is 4. The van der Waals surface area contributed by atoms with E-state index in [4.69, 9.17) is 4.74 Å². The number of nitrogens with one attached hydrogen (secondary N) is 2. The first-order valence-electron chi connectivity index (χ1n) is 11.8. The molecule has 1 amide bonds. The van der Waals surface area contributed by atoms with Crippen LogP contribution in [0.25, 0.3) is 10.9 Å². The topological polar surface area (TPSA) is 92.3 Å². The first-order valence-corrected chi connectivity index (χ1v) is 11.8. The molecule has 2 N–H and O–H groups in total. The molecule has 3 aromatic heterocycles. The van der Waals surface area contributed by atoms with Crippen molar-refractivity contribution in [3.63, 3.8) is 0 Å². The van der Waals surface area contributed by atoms with Crippen LogP contribution in [0.5, 0.6) is 11.5 Å². The van der Waals surface area contributed by atoms with Crippen molar-refractivity contribution in [3.8, 4) is 11.5 Å². The standard InChI is InChI=1S/C29H26N6O2/c1-19-16-24(12-14-30-19)37-23-8-4-20(5-9-23)34-29(36)28-10-6-21(18-32-28)33-27-13-15-31-26-11-7-22(35(2)3)17-25(26)27/h4-18H,1-3H3,(H,31,33)(H,34,36). The number of carbonyl (C=O) groups is 1. The van der Waals surface area contributed by atoms with E-state index >= 15 is 0 Å². The zero-order valence-electron chi connectivity index (χ0n) is 20.8. The highest BCUT2D eigenvalue weighted by atomic mass is 16.5. The number of aryl methyl sites for hydroxylation is 1. The van der Waals surface area contributed by atoms with Crippen LogP contribution >= 0.6 is 0 Å². The molecule has 0 saturated carbocycles. The minimum atomic E-state index is -0.296. The lowest BCUT2D eigenvalue weighted by atomic mass is 10.1. The number of hydrogen-bond acceptors (Lipinski definition) is 7. The van der Waals surface area contributed by atoms with E-state index in [1.165, 1.54) is 0 Å². The van der Waals surface area contributed by atoms with Gasteiger partial charge in [0.15, 0.2) is 0 Å². The highest BCUT2D eigenvalue weighted by molar-refractivity contribution is 6.03. The van der Waals surface area contributed by atoms with E-state index < -0.39 is 0 Å². The van der Waals surface area contributed by atoms with Crippen molar-refractivity contribution in [2.24, 2.45) is 0 Å². The first-order chi connectivity index (χ1) is 17.9. The number of fused-ring (bicyclic) bond motifs is 1. The molecule has 2 aromatic carbocycles. The fourth-order valence-corrected chi connectivity index (χ4v) is 3.80. The van der Waals surface area contributed by atoms with Crippen LogP contribution in [0.3, 0.4) is 0 Å². The first kappa shape index (κ1) is 23.7. The minimum Gasteiger partial charge on any atom is -0.457 e. The lowest BCUT2D eigenvalue weighted by Crippen LogP contribution is -2.13. The molecule has 0 bridgehead atoms. The van der Waals surface area contributed by atoms with Gasteiger partial charge in [-0.25, -0.2) is 4.98 Å². The second kappa shape index (κ2) is 10.3. The Morgan fingerprint density at radius 1 is 0.811 bits per heavy atom. The third-order valence-electron chi connectivity index (χ3n) is 5.73. The molecule has 0 spiro atoms. The van der Waals surface area contributed by atoms with Crippen molar-refractivity contribution in [1.82, 2.24) is 15.0 Å². The minimum absolute atomic E-state index is 0.296. The Morgan fingerprint density at radius 3 is 2.32 bits per heavy atom. The van der Waals surface area contributed by atoms with E-state index in [-0.39, 0.29) is 5.91 Å². The Morgan fingerprint density at radius 2 is 1.59 bits per heavy atom. The SMILES string of the molecule is Cc1cc(Oc2ccc(NC(=O)c3ccc(Nc4ccnc5ccc(N(C)C)cc45)cn3)cc2)ccn1. The molecule has 37 heavy (non-hydrogen) atoms. The van der Waals surface area contributed by atoms with Crippen LogP contribution in [0, 0.1) is 6.92 Å². The van der Waals surface area contributed by atoms with Gasteiger partial charge in [0.1, 0.15) is 17.2 Å². The predicted octanol–water partition coefficient (Wildman–Crippen LogP) is 6.19. The highest BCUT2D eigenvalue weighted by Crippen LogP contribution is 2.28. The van der Waals surface area contributed by atoms with Gasteiger partial charge in [-0.2, -0.15) is 0 Å². The van der Waals surface area contributed by atoms with Crippen molar-refractivity contribution in [1.29, 1.82) is 0 Å². The lowest BCUT2D eigenvalue weighted by Gasteiger charge is -2.15. The quantitative estimate of drug-likeness (QED) is 0.281. The third kappa shape index (κ3) is 5.65. The number of carbonyl (C=O) groups excluding carboxylic acids is 1. The summed E-state index contributed by atoms with van der Waals surface area (Å²) in [5.74, 6) is 1.08. The number of aromatic nitrogens is 3. The summed E-state index contributed by atoms with van der Waals surface area (Å²) in [5, 5.41) is 7.26. The molecule has 0 atom stereocenters. The van der Waals surface area contributed by atoms with Crippen molar-refractivity contribution in [2.45, 2.75) is 6.92 Å². The molecule has 0 aliphatic carbocycles. The fourth-order valence-electron chi connectivity index (χ4n) is 3.80. The Hall–Kier alpha value is -4.98. The number of ether oxygens (including phenoxy) is 1. The van der Waals surface area contributed by atoms with Gasteiger partial charge < -0.3 is 20.3 Å². The molecule has 0 radical (unpaired) electrons. The van der Waals surface area contributed by atoms with Gasteiger partial charge in [-0.1, -0.05) is 0 Å². The molecule has 0 unspecified atom stereocenters. The van der Waals surface area contributed by atoms with Gasteiger partial charge in [0.2, 0.25) is 0 Å². The van der Waals surface area contributed by atoms with E-state index in [0.29, 0.717) is 22.9 Å². The molecule has 184 valence electrons. The fraction of sp³-hybridized carbons (Fsp3) is 0.103. The van der Waals surface area contributed by atoms with Gasteiger partial charge in [-0.3, -0.25) is 14.8 Å². The summed E-state index contributed by atoms with van der Waals surface area (Å²) in [6.45, 7) is 1.91. The molecular formula is C29H26N6O2. The monoisotopic (exact) mass is 490 g/mol. The maximum Gasteiger partial charge on any atom is 0.274 e. The Labute approximate surface area is 215 Å². The summed E-state index contributed by atoms with van der Waals surface area (Å²) in [6.07, 6.45) is 5.11. The van der Waals surface area contributed by atoms with Crippen molar-refractivity contribution in [3.05, 3.63) is 103 Å². The van der Waals surface area contributed by atoms with Crippen molar-refractivity contribution >= 4 is 39.6 Å². The molecule has 3 heterocycles. The molecule has 8 heteroatoms. The zero-order valence-corrected chi connectivity index (χ0v) is 20.8. The lowest BCUT2D eigenvalue weighted by molar-refractivity contribution is 0.102. The smallest absolute Gasteiger partial charge is 0.274 e. The second-order valence-corrected chi connectivity index (χ2v) is 8.72. The van der Waals surface area contributed by atoms with Crippen LogP contribution in [0.15, 0.2) is 91.4 Å². The molecular weight excluding hydrogens is 464 g/mol. The number of benzene rings is 2. The van der Waals surface area contributed by atoms with Crippen molar-refractivity contribution in [2.75, 3.05) is 29.6 Å². The van der Waals surface area contributed by atoms with Gasteiger partial charge in [-0.05, 0) is 73.7 Å². The van der Waals surface area contributed by atoms with Gasteiger partial charge in [0.25, 0.3) is 5.91 Å². The molecule has 5 aromatic rings. The number of rotatable bonds is 7. The van der Waals surface area contributed by atoms with Crippen LogP contribution < -0.4 is 20.3 Å². The second-order valence-electron chi connectivity index (χ2n) is 8.72. The molecule has 5 rings (SSSR count). The van der Waals surface area contributed by atoms with Gasteiger partial charge in [0, 0.05) is 60.7 Å². The summed E-state index contributed by atoms with van der Waals surface area (Å²) in [4.78, 5) is 27.7. The number of hydrogen-bond donors (Lipinski definition) is 2. The van der Waals surface area contributed by atoms with Crippen LogP contribution in [-0.2, 0) is 0 Å². The zero-order chi connectivity index (χ0) is 25.8. The van der Waals surface area contributed by atoms with Gasteiger partial charge in [0.05, 0.1) is 17.4 Å². The summed E-state index contributed by atoms with van der Waals surface area (Å²) >= 11 is 0. The van der Waals surface area contributed by atoms with E-state index in [1.807, 2.05) is 56.3 Å². The van der Waals surface area contributed by atoms with Crippen LogP contribution in [0.1, 0.15) is 16.2 Å². The van der Waals surface area contributed by atoms with E-state index in [9.17, 15) is 4.79 Å². The normalized spacial score (nSPS) is 10.7. The number of amides is 1. The van der Waals surface area contributed by atoms with Crippen LogP contribution in [0.4, 0.5) is 22.7 Å². The summed E-state index contributed by atoms with van der Waals surface area (Å²) in [6, 6.07) is 22.4. The molecule has 0 saturated heterocycles. The molecule has 8 nitrogen and oxygen atoms in total. The van der Waals surface area contributed by atoms with E-state index in [1.54, 1.807) is 55.0 Å². The molecule has 0 fully saturated rings. The van der Waals surface area contributed by atoms with Gasteiger partial charge in [-0.15, -0.1) is 0 Å². The van der Waals surface area contributed by atoms with E-state index in [2.05, 4.69) is 31.7 Å². The molecule has 0 aliphatic heterocycles. The average molecular weight is 491 g/mol. The van der Waals surface area contributed by atoms with Gasteiger partial charge >= 0.3 is 0 Å². The Kier molecular flexibility index (Phi) is 6.63. The largest absolute Gasteiger partial charge is 0.457 e. The summed E-state index contributed by atoms with van der Waals surface area (Å²) in [7, 11) is 4.01. The summed E-state index contributed by atoms with van der Waals surface area (Å²) < 4.78 is 5.83. The Bertz CT molecular complexity index is 1550. The van der Waals surface area contributed by atoms with Crippen LogP contribution in [0.2, 0.25) is 0 Å². The van der Waals surface area contributed by atoms with Crippen molar-refractivity contribution < 1.29 is 9.53 Å². The van der Waals surface area contributed by atoms with E-state index in [0.717, 1.165) is 33.7 Å². The summed E-state index contributed by atoms with van der Waals surface area (Å²) in [5.41, 5.74) is 5.50. The highest BCUT2D eigenvalue weighted by Gasteiger charge is 2.10. The Balaban J connectivity index is 1.24. The predicted molar refractivity (Wildman–Crippen MR) is 147 cm³/mol. The average Bonchev–Trinajstić information content (AvgIpc) is 2.90. The number of anilines is 4. The maximum atomic E-state index is 12.7.